The van der Waals surface area contributed by atoms with Crippen molar-refractivity contribution < 1.29 is 24.6 Å². The van der Waals surface area contributed by atoms with Gasteiger partial charge in [0, 0.05) is 21.1 Å². The highest BCUT2D eigenvalue weighted by Gasteiger charge is 2.68. The van der Waals surface area contributed by atoms with Crippen molar-refractivity contribution in [3.05, 3.63) is 57.5 Å². The topological polar surface area (TPSA) is 107 Å². The molecule has 2 aromatic rings. The molecule has 0 aromatic heterocycles. The Kier molecular flexibility index (Phi) is 5.81. The molecular weight excluding hydrogens is 500 g/mol. The summed E-state index contributed by atoms with van der Waals surface area (Å²) >= 11 is 9.45. The average Bonchev–Trinajstić information content (AvgIpc) is 3.18. The zero-order chi connectivity index (χ0) is 23.4. The van der Waals surface area contributed by atoms with E-state index in [2.05, 4.69) is 21.2 Å². The first kappa shape index (κ1) is 22.8. The molecule has 9 heteroatoms. The minimum atomic E-state index is -1.67. The molecule has 2 amide bonds. The van der Waals surface area contributed by atoms with E-state index in [9.17, 15) is 24.6 Å². The maximum atomic E-state index is 13.6. The number of rotatable bonds is 5. The molecule has 4 atom stereocenters. The predicted molar refractivity (Wildman–Crippen MR) is 122 cm³/mol. The molecule has 2 fully saturated rings. The molecule has 0 saturated carbocycles. The van der Waals surface area contributed by atoms with Crippen LogP contribution in [-0.4, -0.2) is 33.5 Å². The van der Waals surface area contributed by atoms with Crippen molar-refractivity contribution in [2.75, 3.05) is 4.90 Å². The summed E-state index contributed by atoms with van der Waals surface area (Å²) in [6.07, 6.45) is 0.136. The summed E-state index contributed by atoms with van der Waals surface area (Å²) in [6, 6.07) is 10.2. The number of phenolic OH excluding ortho intramolecular Hbond substituents is 1. The predicted octanol–water partition coefficient (Wildman–Crippen LogP) is 4.13. The average molecular weight is 522 g/mol. The number of fused-ring (bicyclic) bond motifs is 1. The van der Waals surface area contributed by atoms with Crippen LogP contribution in [0.3, 0.4) is 0 Å². The van der Waals surface area contributed by atoms with Crippen LogP contribution in [0.2, 0.25) is 5.02 Å². The third kappa shape index (κ3) is 3.50. The van der Waals surface area contributed by atoms with Gasteiger partial charge >= 0.3 is 5.97 Å². The van der Waals surface area contributed by atoms with Gasteiger partial charge in [0.05, 0.1) is 17.5 Å². The number of nitrogens with zero attached hydrogens (tertiary/aromatic N) is 1. The van der Waals surface area contributed by atoms with Crippen LogP contribution in [0, 0.1) is 17.8 Å². The van der Waals surface area contributed by atoms with Crippen LogP contribution in [-0.2, 0) is 14.4 Å². The molecule has 3 N–H and O–H groups in total. The van der Waals surface area contributed by atoms with Gasteiger partial charge in [-0.05, 0) is 48.7 Å². The summed E-state index contributed by atoms with van der Waals surface area (Å²) in [6.45, 7) is 3.72. The van der Waals surface area contributed by atoms with E-state index in [1.54, 1.807) is 30.3 Å². The number of carboxylic acids is 1. The second kappa shape index (κ2) is 8.17. The highest BCUT2D eigenvalue weighted by Crippen LogP contribution is 2.53. The third-order valence-electron chi connectivity index (χ3n) is 6.16. The fourth-order valence-corrected chi connectivity index (χ4v) is 5.59. The largest absolute Gasteiger partial charge is 0.508 e. The van der Waals surface area contributed by atoms with E-state index < -0.39 is 41.2 Å². The van der Waals surface area contributed by atoms with Gasteiger partial charge in [0.15, 0.2) is 0 Å². The summed E-state index contributed by atoms with van der Waals surface area (Å²) in [5.41, 5.74) is -1.02. The van der Waals surface area contributed by atoms with E-state index in [1.807, 2.05) is 13.8 Å². The zero-order valence-corrected chi connectivity index (χ0v) is 19.7. The number of aromatic hydroxyl groups is 1. The molecule has 0 aliphatic carbocycles. The molecule has 0 spiro atoms. The van der Waals surface area contributed by atoms with Crippen molar-refractivity contribution in [3.8, 4) is 5.75 Å². The Labute approximate surface area is 198 Å². The van der Waals surface area contributed by atoms with Crippen LogP contribution in [0.15, 0.2) is 46.9 Å². The number of phenols is 1. The minimum absolute atomic E-state index is 0.0720. The van der Waals surface area contributed by atoms with Crippen LogP contribution in [0.4, 0.5) is 5.69 Å². The number of carboxylic acid groups (broad SMARTS) is 1. The van der Waals surface area contributed by atoms with E-state index in [1.165, 1.54) is 12.1 Å². The molecule has 0 bridgehead atoms. The normalized spacial score (nSPS) is 27.3. The molecule has 2 aromatic carbocycles. The van der Waals surface area contributed by atoms with Crippen molar-refractivity contribution in [1.29, 1.82) is 0 Å². The molecule has 0 radical (unpaired) electrons. The highest BCUT2D eigenvalue weighted by molar-refractivity contribution is 9.10. The monoisotopic (exact) mass is 520 g/mol. The smallest absolute Gasteiger partial charge is 0.324 e. The van der Waals surface area contributed by atoms with E-state index in [0.717, 1.165) is 4.90 Å². The number of aliphatic carboxylic acids is 1. The second-order valence-electron chi connectivity index (χ2n) is 8.69. The molecule has 32 heavy (non-hydrogen) atoms. The van der Waals surface area contributed by atoms with Gasteiger partial charge in [-0.3, -0.25) is 19.7 Å². The van der Waals surface area contributed by atoms with E-state index in [0.29, 0.717) is 20.7 Å². The molecule has 2 aliphatic heterocycles. The first-order valence-electron chi connectivity index (χ1n) is 10.2. The van der Waals surface area contributed by atoms with Gasteiger partial charge < -0.3 is 10.2 Å². The third-order valence-corrected chi connectivity index (χ3v) is 6.89. The molecule has 4 rings (SSSR count). The fourth-order valence-electron chi connectivity index (χ4n) is 5.03. The number of amides is 2. The summed E-state index contributed by atoms with van der Waals surface area (Å²) < 4.78 is 0.656. The van der Waals surface area contributed by atoms with Crippen molar-refractivity contribution in [2.24, 2.45) is 17.8 Å². The van der Waals surface area contributed by atoms with Gasteiger partial charge in [-0.1, -0.05) is 47.4 Å². The van der Waals surface area contributed by atoms with Gasteiger partial charge in [0.1, 0.15) is 11.3 Å². The van der Waals surface area contributed by atoms with Crippen LogP contribution in [0.5, 0.6) is 5.75 Å². The molecule has 2 heterocycles. The molecular formula is C23H22BrClN2O5. The van der Waals surface area contributed by atoms with Crippen LogP contribution < -0.4 is 10.2 Å². The van der Waals surface area contributed by atoms with Crippen molar-refractivity contribution >= 4 is 51.0 Å². The number of hydrogen-bond donors (Lipinski definition) is 3. The lowest BCUT2D eigenvalue weighted by molar-refractivity contribution is -0.149. The maximum absolute atomic E-state index is 13.6. The standard InChI is InChI=1S/C23H22BrClN2O5/c1-11(2)10-23(22(31)32)18-17(19(26-23)15-8-12(24)6-7-16(15)28)20(29)27(21(18)30)14-5-3-4-13(25)9-14/h3-9,11,17-19,26,28H,10H2,1-2H3,(H,31,32)/t17-,18-,19-,23+/m1/s1. The highest BCUT2D eigenvalue weighted by atomic mass is 79.9. The summed E-state index contributed by atoms with van der Waals surface area (Å²) in [7, 11) is 0. The molecule has 168 valence electrons. The number of carbonyl (C=O) groups excluding carboxylic acids is 2. The quantitative estimate of drug-likeness (QED) is 0.511. The van der Waals surface area contributed by atoms with E-state index >= 15 is 0 Å². The SMILES string of the molecule is CC(C)C[C@]1(C(=O)O)N[C@H](c2cc(Br)ccc2O)[C@@H]2C(=O)N(c3cccc(Cl)c3)C(=O)[C@@H]21. The second-order valence-corrected chi connectivity index (χ2v) is 10.0. The number of nitrogens with one attached hydrogen (secondary N) is 1. The summed E-state index contributed by atoms with van der Waals surface area (Å²) in [5.74, 6) is -4.62. The van der Waals surface area contributed by atoms with Crippen molar-refractivity contribution in [1.82, 2.24) is 5.32 Å². The Hall–Kier alpha value is -2.42. The first-order valence-corrected chi connectivity index (χ1v) is 11.4. The van der Waals surface area contributed by atoms with Gasteiger partial charge in [0.25, 0.3) is 0 Å². The first-order chi connectivity index (χ1) is 15.1. The van der Waals surface area contributed by atoms with Gasteiger partial charge in [-0.2, -0.15) is 0 Å². The van der Waals surface area contributed by atoms with Gasteiger partial charge in [-0.25, -0.2) is 4.90 Å². The summed E-state index contributed by atoms with van der Waals surface area (Å²) in [4.78, 5) is 40.9. The zero-order valence-electron chi connectivity index (χ0n) is 17.4. The number of halogens is 2. The number of hydrogen-bond acceptors (Lipinski definition) is 5. The Morgan fingerprint density at radius 3 is 2.56 bits per heavy atom. The Balaban J connectivity index is 1.91. The van der Waals surface area contributed by atoms with E-state index in [-0.39, 0.29) is 18.1 Å². The van der Waals surface area contributed by atoms with Crippen molar-refractivity contribution in [3.63, 3.8) is 0 Å². The summed E-state index contributed by atoms with van der Waals surface area (Å²) in [5, 5.41) is 24.3. The number of imide groups is 1. The Bertz CT molecular complexity index is 1120. The Morgan fingerprint density at radius 2 is 1.94 bits per heavy atom. The fraction of sp³-hybridized carbons (Fsp3) is 0.348. The van der Waals surface area contributed by atoms with Crippen LogP contribution in [0.25, 0.3) is 0 Å². The number of anilines is 1. The van der Waals surface area contributed by atoms with Gasteiger partial charge in [0.2, 0.25) is 11.8 Å². The van der Waals surface area contributed by atoms with Crippen LogP contribution >= 0.6 is 27.5 Å². The van der Waals surface area contributed by atoms with E-state index in [4.69, 9.17) is 11.6 Å². The maximum Gasteiger partial charge on any atom is 0.324 e. The molecule has 2 aliphatic rings. The molecule has 7 nitrogen and oxygen atoms in total. The lowest BCUT2D eigenvalue weighted by Gasteiger charge is -2.32. The van der Waals surface area contributed by atoms with Gasteiger partial charge in [-0.15, -0.1) is 0 Å². The molecule has 2 saturated heterocycles. The Morgan fingerprint density at radius 1 is 1.22 bits per heavy atom. The van der Waals surface area contributed by atoms with Crippen LogP contribution in [0.1, 0.15) is 31.9 Å². The number of benzene rings is 2. The van der Waals surface area contributed by atoms with Crippen molar-refractivity contribution in [2.45, 2.75) is 31.8 Å². The minimum Gasteiger partial charge on any atom is -0.508 e. The lowest BCUT2D eigenvalue weighted by atomic mass is 9.75. The lowest BCUT2D eigenvalue weighted by Crippen LogP contribution is -2.56. The molecule has 0 unspecified atom stereocenters. The number of carbonyl (C=O) groups is 3.